The first-order valence-corrected chi connectivity index (χ1v) is 9.50. The van der Waals surface area contributed by atoms with E-state index in [1.165, 1.54) is 16.8 Å². The van der Waals surface area contributed by atoms with Crippen molar-refractivity contribution in [1.82, 2.24) is 20.1 Å². The molecule has 1 aromatic carbocycles. The fourth-order valence-electron chi connectivity index (χ4n) is 3.22. The summed E-state index contributed by atoms with van der Waals surface area (Å²) in [5.41, 5.74) is 1.72. The number of carbonyl (C=O) groups is 1. The summed E-state index contributed by atoms with van der Waals surface area (Å²) in [6, 6.07) is 11.5. The minimum atomic E-state index is -0.355. The average Bonchev–Trinajstić information content (AvgIpc) is 3.23. The van der Waals surface area contributed by atoms with Gasteiger partial charge in [0.2, 0.25) is 0 Å². The van der Waals surface area contributed by atoms with Gasteiger partial charge in [-0.2, -0.15) is 5.10 Å². The van der Waals surface area contributed by atoms with Crippen LogP contribution in [0.3, 0.4) is 0 Å². The van der Waals surface area contributed by atoms with Crippen LogP contribution in [-0.2, 0) is 11.3 Å². The van der Waals surface area contributed by atoms with Crippen LogP contribution in [-0.4, -0.2) is 46.5 Å². The van der Waals surface area contributed by atoms with Crippen LogP contribution in [0.1, 0.15) is 23.0 Å². The van der Waals surface area contributed by atoms with Crippen molar-refractivity contribution in [1.29, 1.82) is 0 Å². The molecule has 1 amide bonds. The summed E-state index contributed by atoms with van der Waals surface area (Å²) >= 11 is 0. The minimum Gasteiger partial charge on any atom is -0.375 e. The van der Waals surface area contributed by atoms with Gasteiger partial charge >= 0.3 is 0 Å². The van der Waals surface area contributed by atoms with Gasteiger partial charge in [-0.05, 0) is 42.8 Å². The van der Waals surface area contributed by atoms with E-state index in [0.717, 1.165) is 24.5 Å². The summed E-state index contributed by atoms with van der Waals surface area (Å²) in [7, 11) is 0. The number of benzene rings is 1. The molecular formula is C21H22FN5O2. The lowest BCUT2D eigenvalue weighted by molar-refractivity contribution is 0.0529. The number of pyridine rings is 1. The van der Waals surface area contributed by atoms with Gasteiger partial charge < -0.3 is 15.0 Å². The molecule has 1 unspecified atom stereocenters. The molecule has 3 heterocycles. The Morgan fingerprint density at radius 2 is 2.21 bits per heavy atom. The van der Waals surface area contributed by atoms with Gasteiger partial charge in [0.1, 0.15) is 11.6 Å². The Bertz CT molecular complexity index is 989. The largest absolute Gasteiger partial charge is 0.375 e. The predicted molar refractivity (Wildman–Crippen MR) is 107 cm³/mol. The molecule has 150 valence electrons. The fraction of sp³-hybridized carbons (Fsp3) is 0.286. The molecule has 0 spiro atoms. The number of aromatic nitrogens is 3. The fourth-order valence-corrected chi connectivity index (χ4v) is 3.22. The quantitative estimate of drug-likeness (QED) is 0.719. The Kier molecular flexibility index (Phi) is 5.53. The Balaban J connectivity index is 1.35. The van der Waals surface area contributed by atoms with Crippen molar-refractivity contribution in [2.75, 3.05) is 24.6 Å². The maximum Gasteiger partial charge on any atom is 0.272 e. The van der Waals surface area contributed by atoms with Crippen LogP contribution in [0, 0.1) is 5.82 Å². The van der Waals surface area contributed by atoms with Crippen LogP contribution in [0.25, 0.3) is 5.69 Å². The second-order valence-corrected chi connectivity index (χ2v) is 6.96. The SMILES string of the molecule is CC1CN(c2ccc(CNC(=O)c3ccn(-c4cccc(F)c4)n3)cn2)CCO1. The highest BCUT2D eigenvalue weighted by atomic mass is 19.1. The Morgan fingerprint density at radius 1 is 1.31 bits per heavy atom. The van der Waals surface area contributed by atoms with Crippen LogP contribution in [0.2, 0.25) is 0 Å². The minimum absolute atomic E-state index is 0.191. The van der Waals surface area contributed by atoms with Gasteiger partial charge in [0.05, 0.1) is 18.4 Å². The van der Waals surface area contributed by atoms with Gasteiger partial charge in [0, 0.05) is 32.0 Å². The Hall–Kier alpha value is -3.26. The molecule has 1 aliphatic rings. The van der Waals surface area contributed by atoms with E-state index in [1.807, 2.05) is 19.1 Å². The molecule has 0 saturated carbocycles. The molecule has 1 N–H and O–H groups in total. The van der Waals surface area contributed by atoms with Gasteiger partial charge in [-0.1, -0.05) is 12.1 Å². The number of hydrogen-bond donors (Lipinski definition) is 1. The van der Waals surface area contributed by atoms with E-state index in [2.05, 4.69) is 20.3 Å². The molecule has 0 radical (unpaired) electrons. The third-order valence-corrected chi connectivity index (χ3v) is 4.72. The van der Waals surface area contributed by atoms with Gasteiger partial charge in [-0.15, -0.1) is 0 Å². The van der Waals surface area contributed by atoms with Gasteiger partial charge in [0.15, 0.2) is 5.69 Å². The van der Waals surface area contributed by atoms with E-state index in [9.17, 15) is 9.18 Å². The topological polar surface area (TPSA) is 72.3 Å². The van der Waals surface area contributed by atoms with Gasteiger partial charge in [-0.25, -0.2) is 14.1 Å². The van der Waals surface area contributed by atoms with Crippen LogP contribution in [0.4, 0.5) is 10.2 Å². The van der Waals surface area contributed by atoms with E-state index in [-0.39, 0.29) is 23.5 Å². The lowest BCUT2D eigenvalue weighted by Gasteiger charge is -2.32. The number of anilines is 1. The first-order valence-electron chi connectivity index (χ1n) is 9.50. The summed E-state index contributed by atoms with van der Waals surface area (Å²) in [5, 5.41) is 7.06. The van der Waals surface area contributed by atoms with E-state index in [0.29, 0.717) is 18.8 Å². The molecular weight excluding hydrogens is 373 g/mol. The number of halogens is 1. The van der Waals surface area contributed by atoms with Gasteiger partial charge in [-0.3, -0.25) is 4.79 Å². The number of carbonyl (C=O) groups excluding carboxylic acids is 1. The highest BCUT2D eigenvalue weighted by Gasteiger charge is 2.17. The molecule has 1 saturated heterocycles. The second-order valence-electron chi connectivity index (χ2n) is 6.96. The summed E-state index contributed by atoms with van der Waals surface area (Å²) in [6.07, 6.45) is 3.58. The number of rotatable bonds is 5. The molecule has 7 nitrogen and oxygen atoms in total. The maximum absolute atomic E-state index is 13.4. The predicted octanol–water partition coefficient (Wildman–Crippen LogP) is 2.56. The molecule has 1 fully saturated rings. The normalized spacial score (nSPS) is 16.6. The van der Waals surface area contributed by atoms with Crippen molar-refractivity contribution >= 4 is 11.7 Å². The van der Waals surface area contributed by atoms with Crippen molar-refractivity contribution in [2.24, 2.45) is 0 Å². The molecule has 0 aliphatic carbocycles. The number of hydrogen-bond acceptors (Lipinski definition) is 5. The summed E-state index contributed by atoms with van der Waals surface area (Å²) < 4.78 is 20.4. The summed E-state index contributed by atoms with van der Waals surface area (Å²) in [6.45, 7) is 4.73. The third kappa shape index (κ3) is 4.60. The lowest BCUT2D eigenvalue weighted by atomic mass is 10.2. The van der Waals surface area contributed by atoms with Crippen LogP contribution < -0.4 is 10.2 Å². The van der Waals surface area contributed by atoms with E-state index in [1.54, 1.807) is 30.6 Å². The van der Waals surface area contributed by atoms with Crippen LogP contribution in [0.15, 0.2) is 54.9 Å². The molecule has 4 rings (SSSR count). The second kappa shape index (κ2) is 8.40. The molecule has 2 aromatic heterocycles. The molecule has 0 bridgehead atoms. The lowest BCUT2D eigenvalue weighted by Crippen LogP contribution is -2.41. The smallest absolute Gasteiger partial charge is 0.272 e. The zero-order chi connectivity index (χ0) is 20.2. The summed E-state index contributed by atoms with van der Waals surface area (Å²) in [5.74, 6) is 0.252. The van der Waals surface area contributed by atoms with E-state index in [4.69, 9.17) is 4.74 Å². The molecule has 1 atom stereocenters. The number of nitrogens with zero attached hydrogens (tertiary/aromatic N) is 4. The van der Waals surface area contributed by atoms with Gasteiger partial charge in [0.25, 0.3) is 5.91 Å². The Morgan fingerprint density at radius 3 is 2.97 bits per heavy atom. The first kappa shape index (κ1) is 19.1. The van der Waals surface area contributed by atoms with Crippen molar-refractivity contribution < 1.29 is 13.9 Å². The van der Waals surface area contributed by atoms with Crippen LogP contribution in [0.5, 0.6) is 0 Å². The maximum atomic E-state index is 13.4. The molecule has 8 heteroatoms. The van der Waals surface area contributed by atoms with Crippen molar-refractivity contribution in [3.05, 3.63) is 71.9 Å². The van der Waals surface area contributed by atoms with E-state index >= 15 is 0 Å². The van der Waals surface area contributed by atoms with Crippen molar-refractivity contribution in [3.63, 3.8) is 0 Å². The van der Waals surface area contributed by atoms with Crippen molar-refractivity contribution in [2.45, 2.75) is 19.6 Å². The monoisotopic (exact) mass is 395 g/mol. The Labute approximate surface area is 168 Å². The number of amides is 1. The molecule has 1 aliphatic heterocycles. The highest BCUT2D eigenvalue weighted by Crippen LogP contribution is 2.15. The number of nitrogens with one attached hydrogen (secondary N) is 1. The summed E-state index contributed by atoms with van der Waals surface area (Å²) in [4.78, 5) is 19.1. The third-order valence-electron chi connectivity index (χ3n) is 4.72. The zero-order valence-corrected chi connectivity index (χ0v) is 16.1. The van der Waals surface area contributed by atoms with E-state index < -0.39 is 0 Å². The molecule has 29 heavy (non-hydrogen) atoms. The first-order chi connectivity index (χ1) is 14.1. The number of ether oxygens (including phenoxy) is 1. The van der Waals surface area contributed by atoms with Crippen LogP contribution >= 0.6 is 0 Å². The standard InChI is InChI=1S/C21H22FN5O2/c1-15-14-26(9-10-29-15)20-6-5-16(12-23-20)13-24-21(28)19-7-8-27(25-19)18-4-2-3-17(22)11-18/h2-8,11-12,15H,9-10,13-14H2,1H3,(H,24,28). The van der Waals surface area contributed by atoms with Crippen molar-refractivity contribution in [3.8, 4) is 5.69 Å². The highest BCUT2D eigenvalue weighted by molar-refractivity contribution is 5.92. The average molecular weight is 395 g/mol. The zero-order valence-electron chi connectivity index (χ0n) is 16.1. The molecule has 3 aromatic rings. The number of morpholine rings is 1.